The molecule has 1 rings (SSSR count). The fraction of sp³-hybridized carbons (Fsp3) is 0.818. The van der Waals surface area contributed by atoms with E-state index in [0.717, 1.165) is 19.3 Å². The highest BCUT2D eigenvalue weighted by molar-refractivity contribution is 7.80. The topological polar surface area (TPSA) is 70.2 Å². The summed E-state index contributed by atoms with van der Waals surface area (Å²) >= 11 is 8.08. The Kier molecular flexibility index (Phi) is 7.53. The zero-order chi connectivity index (χ0) is 13.4. The van der Waals surface area contributed by atoms with E-state index < -0.39 is 0 Å². The van der Waals surface area contributed by atoms with Gasteiger partial charge in [-0.05, 0) is 19.3 Å². The zero-order valence-electron chi connectivity index (χ0n) is 10.3. The van der Waals surface area contributed by atoms with Gasteiger partial charge >= 0.3 is 0 Å². The molecule has 0 aromatic rings. The molecule has 0 radical (unpaired) electrons. The van der Waals surface area contributed by atoms with Crippen LogP contribution in [-0.4, -0.2) is 48.5 Å². The van der Waals surface area contributed by atoms with Crippen LogP contribution in [0.15, 0.2) is 0 Å². The number of hydrogen-bond donors (Lipinski definition) is 5. The molecule has 1 fully saturated rings. The number of amides is 2. The lowest BCUT2D eigenvalue weighted by Crippen LogP contribution is -2.56. The van der Waals surface area contributed by atoms with Crippen LogP contribution in [0.25, 0.3) is 0 Å². The van der Waals surface area contributed by atoms with Crippen LogP contribution in [-0.2, 0) is 9.59 Å². The predicted octanol–water partition coefficient (Wildman–Crippen LogP) is -0.411. The molecule has 5 nitrogen and oxygen atoms in total. The second kappa shape index (κ2) is 8.66. The molecule has 2 atom stereocenters. The van der Waals surface area contributed by atoms with Gasteiger partial charge in [-0.3, -0.25) is 14.9 Å². The third-order valence-corrected chi connectivity index (χ3v) is 3.29. The Morgan fingerprint density at radius 3 is 1.83 bits per heavy atom. The van der Waals surface area contributed by atoms with Gasteiger partial charge in [0.1, 0.15) is 0 Å². The summed E-state index contributed by atoms with van der Waals surface area (Å²) < 4.78 is 0. The van der Waals surface area contributed by atoms with Crippen LogP contribution in [0.2, 0.25) is 0 Å². The van der Waals surface area contributed by atoms with Crippen molar-refractivity contribution in [1.29, 1.82) is 0 Å². The van der Waals surface area contributed by atoms with Gasteiger partial charge in [-0.1, -0.05) is 0 Å². The van der Waals surface area contributed by atoms with E-state index in [2.05, 4.69) is 41.2 Å². The van der Waals surface area contributed by atoms with Gasteiger partial charge in [0.2, 0.25) is 11.8 Å². The van der Waals surface area contributed by atoms with Gasteiger partial charge < -0.3 is 10.6 Å². The lowest BCUT2D eigenvalue weighted by molar-refractivity contribution is -0.126. The summed E-state index contributed by atoms with van der Waals surface area (Å²) in [5, 5.41) is 8.66. The number of piperidine rings is 1. The van der Waals surface area contributed by atoms with Crippen molar-refractivity contribution < 1.29 is 9.59 Å². The maximum Gasteiger partial charge on any atom is 0.237 e. The Hall–Kier alpha value is -0.400. The Labute approximate surface area is 119 Å². The van der Waals surface area contributed by atoms with Gasteiger partial charge in [0, 0.05) is 24.6 Å². The number of nitrogens with one attached hydrogen (secondary N) is 3. The lowest BCUT2D eigenvalue weighted by atomic mass is 9.97. The fourth-order valence-electron chi connectivity index (χ4n) is 1.95. The molecule has 1 heterocycles. The monoisotopic (exact) mass is 291 g/mol. The highest BCUT2D eigenvalue weighted by Gasteiger charge is 2.29. The standard InChI is InChI=1S/C11H21N3O2S2/c15-10(12-4-6-17)8-2-1-3-9(14-8)11(16)13-5-7-18/h8-9,14,17-18H,1-7H2,(H,12,15)(H,13,16). The van der Waals surface area contributed by atoms with Crippen molar-refractivity contribution in [3.63, 3.8) is 0 Å². The molecule has 0 aromatic carbocycles. The van der Waals surface area contributed by atoms with E-state index in [-0.39, 0.29) is 23.9 Å². The third-order valence-electron chi connectivity index (χ3n) is 2.84. The first-order chi connectivity index (χ1) is 8.69. The van der Waals surface area contributed by atoms with Crippen LogP contribution in [0.4, 0.5) is 0 Å². The number of carbonyl (C=O) groups excluding carboxylic acids is 2. The molecular formula is C11H21N3O2S2. The molecule has 1 aliphatic heterocycles. The largest absolute Gasteiger partial charge is 0.354 e. The van der Waals surface area contributed by atoms with E-state index in [1.54, 1.807) is 0 Å². The smallest absolute Gasteiger partial charge is 0.237 e. The maximum absolute atomic E-state index is 11.8. The molecule has 0 aromatic heterocycles. The molecular weight excluding hydrogens is 270 g/mol. The number of thiol groups is 2. The summed E-state index contributed by atoms with van der Waals surface area (Å²) in [6.45, 7) is 1.10. The van der Waals surface area contributed by atoms with Gasteiger partial charge in [-0.2, -0.15) is 25.3 Å². The van der Waals surface area contributed by atoms with Crippen molar-refractivity contribution in [2.45, 2.75) is 31.3 Å². The highest BCUT2D eigenvalue weighted by Crippen LogP contribution is 2.13. The van der Waals surface area contributed by atoms with E-state index in [1.807, 2.05) is 0 Å². The van der Waals surface area contributed by atoms with Gasteiger partial charge in [-0.25, -0.2) is 0 Å². The van der Waals surface area contributed by atoms with E-state index in [1.165, 1.54) is 0 Å². The van der Waals surface area contributed by atoms with Gasteiger partial charge in [-0.15, -0.1) is 0 Å². The first-order valence-corrected chi connectivity index (χ1v) is 7.48. The summed E-state index contributed by atoms with van der Waals surface area (Å²) in [6.07, 6.45) is 2.43. The molecule has 1 aliphatic rings. The van der Waals surface area contributed by atoms with Gasteiger partial charge in [0.15, 0.2) is 0 Å². The van der Waals surface area contributed by atoms with Crippen LogP contribution in [0.3, 0.4) is 0 Å². The van der Waals surface area contributed by atoms with Crippen molar-refractivity contribution in [3.05, 3.63) is 0 Å². The summed E-state index contributed by atoms with van der Waals surface area (Å²) in [7, 11) is 0. The fourth-order valence-corrected chi connectivity index (χ4v) is 2.18. The second-order valence-corrected chi connectivity index (χ2v) is 5.13. The average Bonchev–Trinajstić information content (AvgIpc) is 2.42. The maximum atomic E-state index is 11.8. The minimum absolute atomic E-state index is 0.0456. The zero-order valence-corrected chi connectivity index (χ0v) is 12.1. The van der Waals surface area contributed by atoms with Crippen molar-refractivity contribution in [2.24, 2.45) is 0 Å². The average molecular weight is 291 g/mol. The Balaban J connectivity index is 2.40. The second-order valence-electron chi connectivity index (χ2n) is 4.23. The van der Waals surface area contributed by atoms with E-state index in [4.69, 9.17) is 0 Å². The Morgan fingerprint density at radius 2 is 1.44 bits per heavy atom. The molecule has 0 spiro atoms. The summed E-state index contributed by atoms with van der Waals surface area (Å²) in [4.78, 5) is 23.6. The van der Waals surface area contributed by atoms with E-state index in [0.29, 0.717) is 24.6 Å². The van der Waals surface area contributed by atoms with Crippen molar-refractivity contribution >= 4 is 37.1 Å². The molecule has 2 amide bonds. The van der Waals surface area contributed by atoms with Crippen LogP contribution in [0.1, 0.15) is 19.3 Å². The highest BCUT2D eigenvalue weighted by atomic mass is 32.1. The first-order valence-electron chi connectivity index (χ1n) is 6.22. The number of rotatable bonds is 6. The van der Waals surface area contributed by atoms with Crippen molar-refractivity contribution in [3.8, 4) is 0 Å². The van der Waals surface area contributed by atoms with Crippen LogP contribution in [0, 0.1) is 0 Å². The van der Waals surface area contributed by atoms with Crippen LogP contribution < -0.4 is 16.0 Å². The van der Waals surface area contributed by atoms with Crippen LogP contribution in [0.5, 0.6) is 0 Å². The molecule has 104 valence electrons. The summed E-state index contributed by atoms with van der Waals surface area (Å²) in [5.41, 5.74) is 0. The molecule has 1 saturated heterocycles. The minimum Gasteiger partial charge on any atom is -0.354 e. The lowest BCUT2D eigenvalue weighted by Gasteiger charge is -2.29. The molecule has 3 N–H and O–H groups in total. The third kappa shape index (κ3) is 5.07. The predicted molar refractivity (Wildman–Crippen MR) is 78.3 cm³/mol. The number of carbonyl (C=O) groups is 2. The minimum atomic E-state index is -0.273. The summed E-state index contributed by atoms with van der Waals surface area (Å²) in [6, 6.07) is -0.546. The quantitative estimate of drug-likeness (QED) is 0.432. The van der Waals surface area contributed by atoms with E-state index in [9.17, 15) is 9.59 Å². The van der Waals surface area contributed by atoms with Crippen LogP contribution >= 0.6 is 25.3 Å². The van der Waals surface area contributed by atoms with Crippen molar-refractivity contribution in [2.75, 3.05) is 24.6 Å². The molecule has 7 heteroatoms. The Bertz CT molecular complexity index is 263. The molecule has 0 bridgehead atoms. The van der Waals surface area contributed by atoms with Crippen molar-refractivity contribution in [1.82, 2.24) is 16.0 Å². The molecule has 18 heavy (non-hydrogen) atoms. The van der Waals surface area contributed by atoms with Gasteiger partial charge in [0.25, 0.3) is 0 Å². The first kappa shape index (κ1) is 15.7. The summed E-state index contributed by atoms with van der Waals surface area (Å²) in [5.74, 6) is 1.14. The molecule has 0 saturated carbocycles. The normalized spacial score (nSPS) is 23.4. The Morgan fingerprint density at radius 1 is 1.00 bits per heavy atom. The SMILES string of the molecule is O=C(NCCS)C1CCCC(C(=O)NCCS)N1. The molecule has 2 unspecified atom stereocenters. The van der Waals surface area contributed by atoms with E-state index >= 15 is 0 Å². The number of hydrogen-bond acceptors (Lipinski definition) is 5. The van der Waals surface area contributed by atoms with Gasteiger partial charge in [0.05, 0.1) is 12.1 Å². The molecule has 0 aliphatic carbocycles.